The van der Waals surface area contributed by atoms with E-state index in [1.54, 1.807) is 24.3 Å². The van der Waals surface area contributed by atoms with Crippen molar-refractivity contribution in [1.82, 2.24) is 4.98 Å². The summed E-state index contributed by atoms with van der Waals surface area (Å²) in [6.45, 7) is 0. The highest BCUT2D eigenvalue weighted by Gasteiger charge is 2.05. The van der Waals surface area contributed by atoms with Crippen molar-refractivity contribution in [3.8, 4) is 11.3 Å². The van der Waals surface area contributed by atoms with Crippen LogP contribution in [0.25, 0.3) is 11.3 Å². The molecule has 0 aliphatic heterocycles. The molecule has 3 N–H and O–H groups in total. The fraction of sp³-hybridized carbons (Fsp3) is 0. The lowest BCUT2D eigenvalue weighted by atomic mass is 10.2. The number of oxazole rings is 1. The van der Waals surface area contributed by atoms with Gasteiger partial charge < -0.3 is 4.42 Å². The van der Waals surface area contributed by atoms with Gasteiger partial charge in [0.2, 0.25) is 0 Å². The molecule has 0 atom stereocenters. The molecular formula is C9H9N3O3S. The van der Waals surface area contributed by atoms with Gasteiger partial charge in [0.05, 0.1) is 11.9 Å². The maximum Gasteiger partial charge on any atom is 0.296 e. The van der Waals surface area contributed by atoms with Crippen molar-refractivity contribution in [3.05, 3.63) is 36.9 Å². The molecule has 0 radical (unpaired) electrons. The normalized spacial score (nSPS) is 11.3. The second-order valence-corrected chi connectivity index (χ2v) is 4.39. The van der Waals surface area contributed by atoms with Crippen LogP contribution in [0.5, 0.6) is 0 Å². The summed E-state index contributed by atoms with van der Waals surface area (Å²) in [5.41, 5.74) is 1.09. The summed E-state index contributed by atoms with van der Waals surface area (Å²) < 4.78 is 28.9. The molecule has 0 saturated heterocycles. The van der Waals surface area contributed by atoms with Gasteiger partial charge in [-0.05, 0) is 12.1 Å². The van der Waals surface area contributed by atoms with Crippen molar-refractivity contribution in [2.75, 3.05) is 4.72 Å². The zero-order chi connectivity index (χ0) is 11.6. The molecule has 1 heterocycles. The molecule has 2 aromatic rings. The number of rotatable bonds is 3. The van der Waals surface area contributed by atoms with Crippen LogP contribution in [0, 0.1) is 0 Å². The van der Waals surface area contributed by atoms with E-state index in [9.17, 15) is 8.42 Å². The minimum absolute atomic E-state index is 0.372. The molecule has 0 bridgehead atoms. The zero-order valence-corrected chi connectivity index (χ0v) is 8.94. The highest BCUT2D eigenvalue weighted by Crippen LogP contribution is 2.22. The number of nitrogens with two attached hydrogens (primary N) is 1. The minimum Gasteiger partial charge on any atom is -0.444 e. The highest BCUT2D eigenvalue weighted by molar-refractivity contribution is 7.90. The van der Waals surface area contributed by atoms with E-state index in [2.05, 4.69) is 9.71 Å². The van der Waals surface area contributed by atoms with Crippen LogP contribution < -0.4 is 9.86 Å². The van der Waals surface area contributed by atoms with Crippen molar-refractivity contribution >= 4 is 15.9 Å². The zero-order valence-electron chi connectivity index (χ0n) is 8.12. The van der Waals surface area contributed by atoms with Crippen molar-refractivity contribution in [2.24, 2.45) is 5.14 Å². The molecule has 0 saturated carbocycles. The van der Waals surface area contributed by atoms with Crippen molar-refractivity contribution in [2.45, 2.75) is 0 Å². The van der Waals surface area contributed by atoms with Gasteiger partial charge in [-0.25, -0.2) is 10.1 Å². The van der Waals surface area contributed by atoms with E-state index in [0.717, 1.165) is 0 Å². The van der Waals surface area contributed by atoms with E-state index in [-0.39, 0.29) is 0 Å². The predicted octanol–water partition coefficient (Wildman–Crippen LogP) is 0.957. The van der Waals surface area contributed by atoms with Crippen molar-refractivity contribution < 1.29 is 12.8 Å². The van der Waals surface area contributed by atoms with Gasteiger partial charge in [0.15, 0.2) is 12.2 Å². The Morgan fingerprint density at radius 2 is 2.19 bits per heavy atom. The predicted molar refractivity (Wildman–Crippen MR) is 58.7 cm³/mol. The monoisotopic (exact) mass is 239 g/mol. The Kier molecular flexibility index (Phi) is 2.63. The molecule has 16 heavy (non-hydrogen) atoms. The molecule has 0 spiro atoms. The Balaban J connectivity index is 2.34. The lowest BCUT2D eigenvalue weighted by molar-refractivity contribution is 0.572. The van der Waals surface area contributed by atoms with Crippen LogP contribution in [0.2, 0.25) is 0 Å². The molecule has 2 rings (SSSR count). The Hall–Kier alpha value is -1.86. The first-order valence-electron chi connectivity index (χ1n) is 4.34. The first-order chi connectivity index (χ1) is 7.54. The molecule has 0 unspecified atom stereocenters. The van der Waals surface area contributed by atoms with Gasteiger partial charge >= 0.3 is 0 Å². The van der Waals surface area contributed by atoms with Gasteiger partial charge in [0.1, 0.15) is 0 Å². The first-order valence-corrected chi connectivity index (χ1v) is 5.89. The SMILES string of the molecule is NS(=O)(=O)Nc1cccc(-c2cnco2)c1. The highest BCUT2D eigenvalue weighted by atomic mass is 32.2. The van der Waals surface area contributed by atoms with Crippen LogP contribution in [0.15, 0.2) is 41.3 Å². The molecule has 0 aliphatic rings. The lowest BCUT2D eigenvalue weighted by Gasteiger charge is -2.04. The molecule has 0 amide bonds. The second kappa shape index (κ2) is 3.95. The minimum atomic E-state index is -3.76. The van der Waals surface area contributed by atoms with E-state index in [4.69, 9.17) is 9.56 Å². The third kappa shape index (κ3) is 2.59. The fourth-order valence-electron chi connectivity index (χ4n) is 1.26. The van der Waals surface area contributed by atoms with Gasteiger partial charge in [-0.3, -0.25) is 4.72 Å². The maximum absolute atomic E-state index is 10.8. The van der Waals surface area contributed by atoms with Crippen molar-refractivity contribution in [3.63, 3.8) is 0 Å². The third-order valence-electron chi connectivity index (χ3n) is 1.84. The summed E-state index contributed by atoms with van der Waals surface area (Å²) >= 11 is 0. The summed E-state index contributed by atoms with van der Waals surface area (Å²) in [6.07, 6.45) is 2.84. The van der Waals surface area contributed by atoms with Crippen LogP contribution in [-0.4, -0.2) is 13.4 Å². The molecule has 0 aliphatic carbocycles. The summed E-state index contributed by atoms with van der Waals surface area (Å²) in [6, 6.07) is 6.65. The number of aromatic nitrogens is 1. The molecule has 1 aromatic heterocycles. The largest absolute Gasteiger partial charge is 0.444 e. The Morgan fingerprint density at radius 1 is 1.38 bits per heavy atom. The molecule has 7 heteroatoms. The van der Waals surface area contributed by atoms with Gasteiger partial charge in [0.25, 0.3) is 10.2 Å². The number of anilines is 1. The summed E-state index contributed by atoms with van der Waals surface area (Å²) in [4.78, 5) is 3.77. The van der Waals surface area contributed by atoms with Gasteiger partial charge in [-0.2, -0.15) is 8.42 Å². The molecule has 0 fully saturated rings. The van der Waals surface area contributed by atoms with Gasteiger partial charge in [-0.1, -0.05) is 12.1 Å². The van der Waals surface area contributed by atoms with E-state index in [0.29, 0.717) is 17.0 Å². The van der Waals surface area contributed by atoms with E-state index >= 15 is 0 Å². The van der Waals surface area contributed by atoms with Crippen LogP contribution in [0.3, 0.4) is 0 Å². The number of hydrogen-bond acceptors (Lipinski definition) is 4. The quantitative estimate of drug-likeness (QED) is 0.833. The van der Waals surface area contributed by atoms with Crippen molar-refractivity contribution in [1.29, 1.82) is 0 Å². The lowest BCUT2D eigenvalue weighted by Crippen LogP contribution is -2.21. The van der Waals surface area contributed by atoms with Crippen LogP contribution in [-0.2, 0) is 10.2 Å². The molecule has 6 nitrogen and oxygen atoms in total. The van der Waals surface area contributed by atoms with Gasteiger partial charge in [0, 0.05) is 5.56 Å². The molecule has 84 valence electrons. The standard InChI is InChI=1S/C9H9N3O3S/c10-16(13,14)12-8-3-1-2-7(4-8)9-5-11-6-15-9/h1-6,12H,(H2,10,13,14). The van der Waals surface area contributed by atoms with Crippen LogP contribution >= 0.6 is 0 Å². The molecular weight excluding hydrogens is 230 g/mol. The number of hydrogen-bond donors (Lipinski definition) is 2. The summed E-state index contributed by atoms with van der Waals surface area (Å²) in [5, 5.41) is 4.86. The summed E-state index contributed by atoms with van der Waals surface area (Å²) in [5.74, 6) is 0.554. The van der Waals surface area contributed by atoms with E-state index in [1.165, 1.54) is 12.6 Å². The second-order valence-electron chi connectivity index (χ2n) is 3.09. The Labute approximate surface area is 92.3 Å². The maximum atomic E-state index is 10.8. The smallest absolute Gasteiger partial charge is 0.296 e. The average Bonchev–Trinajstić information content (AvgIpc) is 2.68. The third-order valence-corrected chi connectivity index (χ3v) is 2.36. The number of nitrogens with one attached hydrogen (secondary N) is 1. The first kappa shape index (κ1) is 10.7. The van der Waals surface area contributed by atoms with E-state index < -0.39 is 10.2 Å². The Morgan fingerprint density at radius 3 is 2.81 bits per heavy atom. The number of nitrogens with zero attached hydrogens (tertiary/aromatic N) is 1. The van der Waals surface area contributed by atoms with E-state index in [1.807, 2.05) is 0 Å². The Bertz CT molecular complexity index is 578. The summed E-state index contributed by atoms with van der Waals surface area (Å²) in [7, 11) is -3.76. The number of benzene rings is 1. The van der Waals surface area contributed by atoms with Crippen LogP contribution in [0.1, 0.15) is 0 Å². The molecule has 1 aromatic carbocycles. The topological polar surface area (TPSA) is 98.2 Å². The fourth-order valence-corrected chi connectivity index (χ4v) is 1.71. The van der Waals surface area contributed by atoms with Crippen LogP contribution in [0.4, 0.5) is 5.69 Å². The van der Waals surface area contributed by atoms with Gasteiger partial charge in [-0.15, -0.1) is 0 Å². The average molecular weight is 239 g/mol.